The minimum absolute atomic E-state index is 0.248. The van der Waals surface area contributed by atoms with Gasteiger partial charge in [0.2, 0.25) is 0 Å². The first-order valence-corrected chi connectivity index (χ1v) is 7.28. The molecule has 3 aromatic rings. The molecule has 0 atom stereocenters. The van der Waals surface area contributed by atoms with E-state index >= 15 is 0 Å². The molecule has 0 unspecified atom stereocenters. The van der Waals surface area contributed by atoms with Crippen molar-refractivity contribution in [1.82, 2.24) is 9.78 Å². The van der Waals surface area contributed by atoms with Crippen LogP contribution in [0.15, 0.2) is 64.5 Å². The number of para-hydroxylation sites is 1. The first-order chi connectivity index (χ1) is 11.1. The standard InChI is InChI=1S/C18H17N3O2/c1-12-8-10-14(11-9-12)17(20-23)16-13(2)19-21(18(16)22)15-6-4-3-5-7-15/h3-11,19,23H,1-2H3. The lowest BCUT2D eigenvalue weighted by molar-refractivity contribution is 0.319. The molecule has 116 valence electrons. The fourth-order valence-electron chi connectivity index (χ4n) is 2.55. The number of aromatic nitrogens is 2. The number of H-pyrrole nitrogens is 1. The zero-order chi connectivity index (χ0) is 16.4. The first kappa shape index (κ1) is 14.8. The van der Waals surface area contributed by atoms with Crippen molar-refractivity contribution >= 4 is 5.71 Å². The molecule has 3 rings (SSSR count). The second-order valence-corrected chi connectivity index (χ2v) is 5.40. The summed E-state index contributed by atoms with van der Waals surface area (Å²) < 4.78 is 1.45. The van der Waals surface area contributed by atoms with Crippen LogP contribution in [0.1, 0.15) is 22.4 Å². The Morgan fingerprint density at radius 1 is 1.04 bits per heavy atom. The molecule has 0 aliphatic heterocycles. The summed E-state index contributed by atoms with van der Waals surface area (Å²) in [6.07, 6.45) is 0. The molecule has 2 N–H and O–H groups in total. The summed E-state index contributed by atoms with van der Waals surface area (Å²) >= 11 is 0. The average molecular weight is 307 g/mol. The molecule has 0 bridgehead atoms. The number of aromatic amines is 1. The molecule has 0 radical (unpaired) electrons. The van der Waals surface area contributed by atoms with Crippen LogP contribution in [0.5, 0.6) is 0 Å². The number of aryl methyl sites for hydroxylation is 2. The molecular weight excluding hydrogens is 290 g/mol. The summed E-state index contributed by atoms with van der Waals surface area (Å²) in [4.78, 5) is 12.8. The molecule has 0 saturated heterocycles. The van der Waals surface area contributed by atoms with Gasteiger partial charge in [0.25, 0.3) is 5.56 Å². The maximum absolute atomic E-state index is 12.8. The van der Waals surface area contributed by atoms with Gasteiger partial charge >= 0.3 is 0 Å². The summed E-state index contributed by atoms with van der Waals surface area (Å²) in [5.74, 6) is 0. The summed E-state index contributed by atoms with van der Waals surface area (Å²) in [5.41, 5.74) is 3.54. The van der Waals surface area contributed by atoms with Crippen LogP contribution in [0.2, 0.25) is 0 Å². The number of nitrogens with zero attached hydrogens (tertiary/aromatic N) is 2. The highest BCUT2D eigenvalue weighted by atomic mass is 16.4. The Balaban J connectivity index is 2.15. The molecule has 0 spiro atoms. The number of oxime groups is 1. The zero-order valence-electron chi connectivity index (χ0n) is 12.9. The topological polar surface area (TPSA) is 70.4 Å². The van der Waals surface area contributed by atoms with Crippen LogP contribution in [0, 0.1) is 13.8 Å². The second kappa shape index (κ2) is 5.96. The predicted molar refractivity (Wildman–Crippen MR) is 89.7 cm³/mol. The maximum Gasteiger partial charge on any atom is 0.281 e. The molecule has 23 heavy (non-hydrogen) atoms. The van der Waals surface area contributed by atoms with E-state index < -0.39 is 0 Å². The smallest absolute Gasteiger partial charge is 0.281 e. The van der Waals surface area contributed by atoms with E-state index in [1.54, 1.807) is 6.92 Å². The van der Waals surface area contributed by atoms with E-state index in [2.05, 4.69) is 10.3 Å². The molecule has 0 amide bonds. The van der Waals surface area contributed by atoms with Crippen LogP contribution in [0.4, 0.5) is 0 Å². The Bertz CT molecular complexity index is 904. The van der Waals surface area contributed by atoms with Gasteiger partial charge in [0.05, 0.1) is 11.3 Å². The zero-order valence-corrected chi connectivity index (χ0v) is 12.9. The summed E-state index contributed by atoms with van der Waals surface area (Å²) in [5, 5.41) is 15.9. The Kier molecular flexibility index (Phi) is 3.85. The van der Waals surface area contributed by atoms with E-state index in [1.807, 2.05) is 61.5 Å². The van der Waals surface area contributed by atoms with Gasteiger partial charge in [0, 0.05) is 11.3 Å². The molecular formula is C18H17N3O2. The van der Waals surface area contributed by atoms with Gasteiger partial charge in [-0.2, -0.15) is 0 Å². The van der Waals surface area contributed by atoms with Gasteiger partial charge in [0.15, 0.2) is 0 Å². The third-order valence-electron chi connectivity index (χ3n) is 3.75. The van der Waals surface area contributed by atoms with Crippen molar-refractivity contribution in [3.63, 3.8) is 0 Å². The van der Waals surface area contributed by atoms with Crippen LogP contribution in [-0.4, -0.2) is 20.7 Å². The highest BCUT2D eigenvalue weighted by Crippen LogP contribution is 2.13. The van der Waals surface area contributed by atoms with Crippen molar-refractivity contribution in [2.24, 2.45) is 5.16 Å². The van der Waals surface area contributed by atoms with Crippen molar-refractivity contribution in [1.29, 1.82) is 0 Å². The van der Waals surface area contributed by atoms with Gasteiger partial charge in [-0.3, -0.25) is 9.89 Å². The fraction of sp³-hybridized carbons (Fsp3) is 0.111. The molecule has 5 nitrogen and oxygen atoms in total. The van der Waals surface area contributed by atoms with E-state index in [0.717, 1.165) is 11.3 Å². The highest BCUT2D eigenvalue weighted by molar-refractivity contribution is 6.13. The van der Waals surface area contributed by atoms with E-state index in [9.17, 15) is 10.0 Å². The lowest BCUT2D eigenvalue weighted by Crippen LogP contribution is -2.21. The molecule has 0 aliphatic rings. The fourth-order valence-corrected chi connectivity index (χ4v) is 2.55. The van der Waals surface area contributed by atoms with Crippen molar-refractivity contribution in [2.75, 3.05) is 0 Å². The van der Waals surface area contributed by atoms with Crippen LogP contribution >= 0.6 is 0 Å². The number of hydrogen-bond donors (Lipinski definition) is 2. The second-order valence-electron chi connectivity index (χ2n) is 5.40. The van der Waals surface area contributed by atoms with Crippen molar-refractivity contribution in [2.45, 2.75) is 13.8 Å². The number of hydrogen-bond acceptors (Lipinski definition) is 3. The molecule has 0 aliphatic carbocycles. The minimum atomic E-state index is -0.248. The average Bonchev–Trinajstić information content (AvgIpc) is 2.86. The quantitative estimate of drug-likeness (QED) is 0.443. The van der Waals surface area contributed by atoms with E-state index in [-0.39, 0.29) is 11.3 Å². The number of rotatable bonds is 3. The Hall–Kier alpha value is -3.08. The Morgan fingerprint density at radius 3 is 2.30 bits per heavy atom. The van der Waals surface area contributed by atoms with E-state index in [1.165, 1.54) is 4.68 Å². The molecule has 0 saturated carbocycles. The van der Waals surface area contributed by atoms with Crippen LogP contribution in [0.25, 0.3) is 5.69 Å². The van der Waals surface area contributed by atoms with Gasteiger partial charge in [-0.15, -0.1) is 0 Å². The van der Waals surface area contributed by atoms with E-state index in [0.29, 0.717) is 16.8 Å². The minimum Gasteiger partial charge on any atom is -0.410 e. The first-order valence-electron chi connectivity index (χ1n) is 7.28. The Morgan fingerprint density at radius 2 is 1.70 bits per heavy atom. The molecule has 1 aromatic heterocycles. The predicted octanol–water partition coefficient (Wildman–Crippen LogP) is 3.01. The summed E-state index contributed by atoms with van der Waals surface area (Å²) in [7, 11) is 0. The van der Waals surface area contributed by atoms with Crippen molar-refractivity contribution < 1.29 is 5.21 Å². The van der Waals surface area contributed by atoms with Crippen LogP contribution in [-0.2, 0) is 0 Å². The molecule has 5 heteroatoms. The SMILES string of the molecule is Cc1ccc(C(=NO)c2c(C)[nH]n(-c3ccccc3)c2=O)cc1. The summed E-state index contributed by atoms with van der Waals surface area (Å²) in [6, 6.07) is 16.8. The monoisotopic (exact) mass is 307 g/mol. The van der Waals surface area contributed by atoms with Gasteiger partial charge in [-0.25, -0.2) is 4.68 Å². The van der Waals surface area contributed by atoms with Gasteiger partial charge in [-0.1, -0.05) is 53.2 Å². The van der Waals surface area contributed by atoms with Gasteiger partial charge < -0.3 is 5.21 Å². The van der Waals surface area contributed by atoms with Crippen molar-refractivity contribution in [3.05, 3.63) is 87.3 Å². The third kappa shape index (κ3) is 2.68. The summed E-state index contributed by atoms with van der Waals surface area (Å²) in [6.45, 7) is 3.76. The van der Waals surface area contributed by atoms with Crippen LogP contribution < -0.4 is 5.56 Å². The van der Waals surface area contributed by atoms with Gasteiger partial charge in [0.1, 0.15) is 5.71 Å². The van der Waals surface area contributed by atoms with Gasteiger partial charge in [-0.05, 0) is 26.0 Å². The third-order valence-corrected chi connectivity index (χ3v) is 3.75. The normalized spacial score (nSPS) is 11.7. The highest BCUT2D eigenvalue weighted by Gasteiger charge is 2.19. The maximum atomic E-state index is 12.8. The molecule has 2 aromatic carbocycles. The largest absolute Gasteiger partial charge is 0.410 e. The number of nitrogens with one attached hydrogen (secondary N) is 1. The molecule has 1 heterocycles. The van der Waals surface area contributed by atoms with Crippen molar-refractivity contribution in [3.8, 4) is 5.69 Å². The Labute approximate surface area is 133 Å². The van der Waals surface area contributed by atoms with Crippen LogP contribution in [0.3, 0.4) is 0 Å². The van der Waals surface area contributed by atoms with E-state index in [4.69, 9.17) is 0 Å². The lowest BCUT2D eigenvalue weighted by Gasteiger charge is -2.03. The lowest BCUT2D eigenvalue weighted by atomic mass is 10.0. The number of benzene rings is 2. The molecule has 0 fully saturated rings.